The van der Waals surface area contributed by atoms with Crippen LogP contribution in [0, 0.1) is 13.8 Å². The highest BCUT2D eigenvalue weighted by Crippen LogP contribution is 2.21. The van der Waals surface area contributed by atoms with E-state index >= 15 is 0 Å². The predicted octanol–water partition coefficient (Wildman–Crippen LogP) is 6.63. The maximum Gasteiger partial charge on any atom is 0.243 e. The molecule has 1 aliphatic carbocycles. The number of rotatable bonds is 11. The van der Waals surface area contributed by atoms with Gasteiger partial charge in [-0.25, -0.2) is 0 Å². The summed E-state index contributed by atoms with van der Waals surface area (Å²) in [5.74, 6) is 1.07. The molecule has 1 N–H and O–H groups in total. The average molecular weight is 529 g/mol. The Hall–Kier alpha value is -3.05. The lowest BCUT2D eigenvalue weighted by molar-refractivity contribution is -0.139. The van der Waals surface area contributed by atoms with Crippen molar-refractivity contribution in [3.63, 3.8) is 0 Å². The molecular formula is C33H40N2O2S. The van der Waals surface area contributed by atoms with E-state index in [4.69, 9.17) is 0 Å². The molecule has 200 valence electrons. The summed E-state index contributed by atoms with van der Waals surface area (Å²) >= 11 is 1.61. The van der Waals surface area contributed by atoms with E-state index in [9.17, 15) is 9.59 Å². The Morgan fingerprint density at radius 2 is 1.55 bits per heavy atom. The molecule has 0 saturated heterocycles. The van der Waals surface area contributed by atoms with Gasteiger partial charge in [-0.15, -0.1) is 11.8 Å². The fourth-order valence-electron chi connectivity index (χ4n) is 5.13. The second-order valence-corrected chi connectivity index (χ2v) is 11.5. The van der Waals surface area contributed by atoms with Gasteiger partial charge in [-0.3, -0.25) is 9.59 Å². The first kappa shape index (κ1) is 28.0. The second kappa shape index (κ2) is 14.2. The zero-order valence-electron chi connectivity index (χ0n) is 22.7. The third-order valence-corrected chi connectivity index (χ3v) is 8.26. The van der Waals surface area contributed by atoms with Crippen LogP contribution in [0.2, 0.25) is 0 Å². The molecule has 3 aromatic rings. The van der Waals surface area contributed by atoms with Gasteiger partial charge in [0.1, 0.15) is 6.04 Å². The molecule has 38 heavy (non-hydrogen) atoms. The molecule has 1 saturated carbocycles. The van der Waals surface area contributed by atoms with Crippen LogP contribution in [-0.2, 0) is 28.3 Å². The van der Waals surface area contributed by atoms with Gasteiger partial charge < -0.3 is 10.2 Å². The van der Waals surface area contributed by atoms with E-state index in [0.29, 0.717) is 18.7 Å². The summed E-state index contributed by atoms with van der Waals surface area (Å²) < 4.78 is 0. The molecule has 0 heterocycles. The predicted molar refractivity (Wildman–Crippen MR) is 158 cm³/mol. The number of amides is 2. The molecule has 3 aromatic carbocycles. The van der Waals surface area contributed by atoms with Crippen molar-refractivity contribution >= 4 is 23.6 Å². The quantitative estimate of drug-likeness (QED) is 0.304. The number of carbonyl (C=O) groups excluding carboxylic acids is 2. The molecule has 0 aromatic heterocycles. The third kappa shape index (κ3) is 8.49. The first-order valence-corrected chi connectivity index (χ1v) is 15.0. The highest BCUT2D eigenvalue weighted by molar-refractivity contribution is 7.99. The average Bonchev–Trinajstić information content (AvgIpc) is 2.93. The van der Waals surface area contributed by atoms with E-state index in [1.54, 1.807) is 11.8 Å². The van der Waals surface area contributed by atoms with Crippen LogP contribution >= 0.6 is 11.8 Å². The molecule has 1 fully saturated rings. The Kier molecular flexibility index (Phi) is 10.5. The Bertz CT molecular complexity index is 1170. The molecule has 5 heteroatoms. The molecule has 0 spiro atoms. The number of thioether (sulfide) groups is 1. The Morgan fingerprint density at radius 3 is 2.26 bits per heavy atom. The lowest BCUT2D eigenvalue weighted by atomic mass is 9.94. The second-order valence-electron chi connectivity index (χ2n) is 10.5. The minimum atomic E-state index is -0.563. The first-order chi connectivity index (χ1) is 18.5. The standard InChI is InChI=1S/C33H40N2O2S/c1-25-16-18-28(19-17-25)23-38-24-32(36)35(22-29-13-9-10-26(2)20-29)31(21-27-11-5-3-6-12-27)33(37)34-30-14-7-4-8-15-30/h3,5-6,9-13,16-20,30-31H,4,7-8,14-15,21-24H2,1-2H3,(H,34,37)/t31-/m1/s1. The normalized spacial score (nSPS) is 14.6. The number of nitrogens with zero attached hydrogens (tertiary/aromatic N) is 1. The van der Waals surface area contributed by atoms with Gasteiger partial charge in [0.25, 0.3) is 0 Å². The van der Waals surface area contributed by atoms with Crippen LogP contribution < -0.4 is 5.32 Å². The third-order valence-electron chi connectivity index (χ3n) is 7.27. The summed E-state index contributed by atoms with van der Waals surface area (Å²) in [6.45, 7) is 4.56. The number of benzene rings is 3. The summed E-state index contributed by atoms with van der Waals surface area (Å²) in [5, 5.41) is 3.32. The van der Waals surface area contributed by atoms with Gasteiger partial charge in [0.15, 0.2) is 0 Å². The van der Waals surface area contributed by atoms with Gasteiger partial charge in [0.05, 0.1) is 5.75 Å². The summed E-state index contributed by atoms with van der Waals surface area (Å²) in [7, 11) is 0. The highest BCUT2D eigenvalue weighted by Gasteiger charge is 2.31. The van der Waals surface area contributed by atoms with Gasteiger partial charge in [-0.05, 0) is 43.4 Å². The molecule has 0 aliphatic heterocycles. The van der Waals surface area contributed by atoms with E-state index in [-0.39, 0.29) is 17.9 Å². The molecule has 4 nitrogen and oxygen atoms in total. The summed E-state index contributed by atoms with van der Waals surface area (Å²) in [4.78, 5) is 29.5. The van der Waals surface area contributed by atoms with Crippen LogP contribution in [0.25, 0.3) is 0 Å². The SMILES string of the molecule is Cc1ccc(CSCC(=O)N(Cc2cccc(C)c2)[C@H](Cc2ccccc2)C(=O)NC2CCCCC2)cc1. The van der Waals surface area contributed by atoms with Crippen molar-refractivity contribution in [1.29, 1.82) is 0 Å². The molecule has 0 radical (unpaired) electrons. The zero-order valence-corrected chi connectivity index (χ0v) is 23.5. The minimum Gasteiger partial charge on any atom is -0.352 e. The van der Waals surface area contributed by atoms with Gasteiger partial charge in [-0.2, -0.15) is 0 Å². The molecule has 0 unspecified atom stereocenters. The monoisotopic (exact) mass is 528 g/mol. The molecular weight excluding hydrogens is 488 g/mol. The van der Waals surface area contributed by atoms with Crippen molar-refractivity contribution in [3.05, 3.63) is 107 Å². The fraction of sp³-hybridized carbons (Fsp3) is 0.394. The summed E-state index contributed by atoms with van der Waals surface area (Å²) in [5.41, 5.74) is 5.69. The lowest BCUT2D eigenvalue weighted by Crippen LogP contribution is -2.53. The Labute approximate surface area is 232 Å². The summed E-state index contributed by atoms with van der Waals surface area (Å²) in [6, 6.07) is 26.4. The van der Waals surface area contributed by atoms with Crippen LogP contribution in [0.5, 0.6) is 0 Å². The number of nitrogens with one attached hydrogen (secondary N) is 1. The van der Waals surface area contributed by atoms with Gasteiger partial charge in [-0.1, -0.05) is 109 Å². The van der Waals surface area contributed by atoms with Crippen LogP contribution in [0.1, 0.15) is 59.9 Å². The van der Waals surface area contributed by atoms with Crippen LogP contribution in [0.3, 0.4) is 0 Å². The van der Waals surface area contributed by atoms with Gasteiger partial charge >= 0.3 is 0 Å². The van der Waals surface area contributed by atoms with Crippen LogP contribution in [-0.4, -0.2) is 34.6 Å². The molecule has 2 amide bonds. The van der Waals surface area contributed by atoms with E-state index in [2.05, 4.69) is 55.6 Å². The summed E-state index contributed by atoms with van der Waals surface area (Å²) in [6.07, 6.45) is 6.06. The molecule has 4 rings (SSSR count). The first-order valence-electron chi connectivity index (χ1n) is 13.8. The van der Waals surface area contributed by atoms with Crippen molar-refractivity contribution in [2.24, 2.45) is 0 Å². The molecule has 0 bridgehead atoms. The van der Waals surface area contributed by atoms with Crippen LogP contribution in [0.15, 0.2) is 78.9 Å². The number of hydrogen-bond donors (Lipinski definition) is 1. The molecule has 1 atom stereocenters. The number of carbonyl (C=O) groups is 2. The topological polar surface area (TPSA) is 49.4 Å². The smallest absolute Gasteiger partial charge is 0.243 e. The van der Waals surface area contributed by atoms with Crippen molar-refractivity contribution in [2.75, 3.05) is 5.75 Å². The van der Waals surface area contributed by atoms with Crippen molar-refractivity contribution in [3.8, 4) is 0 Å². The van der Waals surface area contributed by atoms with E-state index < -0.39 is 6.04 Å². The number of aryl methyl sites for hydroxylation is 2. The zero-order chi connectivity index (χ0) is 26.7. The molecule has 1 aliphatic rings. The van der Waals surface area contributed by atoms with Crippen molar-refractivity contribution in [1.82, 2.24) is 10.2 Å². The minimum absolute atomic E-state index is 0.00310. The highest BCUT2D eigenvalue weighted by atomic mass is 32.2. The van der Waals surface area contributed by atoms with Gasteiger partial charge in [0, 0.05) is 24.8 Å². The Morgan fingerprint density at radius 1 is 0.842 bits per heavy atom. The van der Waals surface area contributed by atoms with E-state index in [1.165, 1.54) is 17.5 Å². The number of hydrogen-bond acceptors (Lipinski definition) is 3. The fourth-order valence-corrected chi connectivity index (χ4v) is 6.00. The van der Waals surface area contributed by atoms with E-state index in [1.807, 2.05) is 47.4 Å². The van der Waals surface area contributed by atoms with Crippen molar-refractivity contribution in [2.45, 2.75) is 76.8 Å². The van der Waals surface area contributed by atoms with Crippen LogP contribution in [0.4, 0.5) is 0 Å². The maximum atomic E-state index is 13.8. The van der Waals surface area contributed by atoms with Gasteiger partial charge in [0.2, 0.25) is 11.8 Å². The van der Waals surface area contributed by atoms with E-state index in [0.717, 1.165) is 48.1 Å². The maximum absolute atomic E-state index is 13.8. The largest absolute Gasteiger partial charge is 0.352 e. The van der Waals surface area contributed by atoms with Crippen molar-refractivity contribution < 1.29 is 9.59 Å². The lowest BCUT2D eigenvalue weighted by Gasteiger charge is -2.33. The Balaban J connectivity index is 1.56.